The van der Waals surface area contributed by atoms with E-state index in [-0.39, 0.29) is 43.4 Å². The number of H-pyrrole nitrogens is 1. The number of nitrogens with one attached hydrogen (secondary N) is 2. The van der Waals surface area contributed by atoms with Gasteiger partial charge in [0.25, 0.3) is 0 Å². The Morgan fingerprint density at radius 3 is 2.67 bits per heavy atom. The number of esters is 1. The number of aliphatic hydroxyl groups excluding tert-OH is 1. The lowest BCUT2D eigenvalue weighted by Gasteiger charge is -2.03. The van der Waals surface area contributed by atoms with Gasteiger partial charge in [0.05, 0.1) is 26.9 Å². The van der Waals surface area contributed by atoms with Gasteiger partial charge in [0.15, 0.2) is 6.29 Å². The normalized spacial score (nSPS) is 13.8. The summed E-state index contributed by atoms with van der Waals surface area (Å²) in [5.74, 6) is -0.348. The summed E-state index contributed by atoms with van der Waals surface area (Å²) in [5.41, 5.74) is -0.530. The third-order valence-electron chi connectivity index (χ3n) is 2.80. The number of methoxy groups -OCH3 is 1. The Morgan fingerprint density at radius 2 is 2.12 bits per heavy atom. The Kier molecular flexibility index (Phi) is 9.27. The van der Waals surface area contributed by atoms with Gasteiger partial charge in [0, 0.05) is 19.0 Å². The number of nitrogens with zero attached hydrogens (tertiary/aromatic N) is 1. The maximum atomic E-state index is 11.4. The van der Waals surface area contributed by atoms with E-state index >= 15 is 0 Å². The number of rotatable bonds is 6. The molecule has 0 atom stereocenters. The van der Waals surface area contributed by atoms with Crippen LogP contribution in [0.15, 0.2) is 17.1 Å². The fourth-order valence-corrected chi connectivity index (χ4v) is 1.66. The molecule has 0 unspecified atom stereocenters. The van der Waals surface area contributed by atoms with Crippen molar-refractivity contribution in [3.63, 3.8) is 0 Å². The van der Waals surface area contributed by atoms with Crippen LogP contribution in [0.3, 0.4) is 0 Å². The number of aromatic amines is 1. The summed E-state index contributed by atoms with van der Waals surface area (Å²) in [6, 6.07) is 1.47. The molecule has 1 aromatic heterocycles. The molecule has 1 aliphatic heterocycles. The van der Waals surface area contributed by atoms with Gasteiger partial charge < -0.3 is 24.6 Å². The molecule has 0 aromatic carbocycles. The summed E-state index contributed by atoms with van der Waals surface area (Å²) in [6.45, 7) is 1.20. The van der Waals surface area contributed by atoms with Crippen LogP contribution in [-0.4, -0.2) is 60.2 Å². The zero-order chi connectivity index (χ0) is 17.8. The lowest BCUT2D eigenvalue weighted by atomic mass is 10.2. The van der Waals surface area contributed by atoms with E-state index in [1.165, 1.54) is 19.4 Å². The molecular formula is C14H21N3O7. The van der Waals surface area contributed by atoms with Gasteiger partial charge >= 0.3 is 11.7 Å². The van der Waals surface area contributed by atoms with E-state index in [9.17, 15) is 14.4 Å². The maximum absolute atomic E-state index is 11.4. The van der Waals surface area contributed by atoms with Crippen LogP contribution >= 0.6 is 0 Å². The van der Waals surface area contributed by atoms with E-state index in [2.05, 4.69) is 20.0 Å². The van der Waals surface area contributed by atoms with E-state index in [4.69, 9.17) is 14.6 Å². The van der Waals surface area contributed by atoms with Crippen molar-refractivity contribution in [2.75, 3.05) is 32.2 Å². The summed E-state index contributed by atoms with van der Waals surface area (Å²) in [7, 11) is 1.30. The van der Waals surface area contributed by atoms with Gasteiger partial charge in [-0.2, -0.15) is 0 Å². The average molecular weight is 343 g/mol. The fraction of sp³-hybridized carbons (Fsp3) is 0.571. The first-order valence-electron chi connectivity index (χ1n) is 7.31. The first-order valence-corrected chi connectivity index (χ1v) is 7.31. The highest BCUT2D eigenvalue weighted by atomic mass is 16.7. The number of ether oxygens (including phenoxy) is 3. The molecule has 1 fully saturated rings. The van der Waals surface area contributed by atoms with E-state index in [1.807, 2.05) is 0 Å². The Bertz CT molecular complexity index is 569. The average Bonchev–Trinajstić information content (AvgIpc) is 3.09. The first-order chi connectivity index (χ1) is 11.5. The maximum Gasteiger partial charge on any atom is 0.346 e. The van der Waals surface area contributed by atoms with Crippen molar-refractivity contribution in [2.24, 2.45) is 0 Å². The fourth-order valence-electron chi connectivity index (χ4n) is 1.66. The minimum absolute atomic E-state index is 0.0278. The van der Waals surface area contributed by atoms with E-state index in [0.717, 1.165) is 0 Å². The van der Waals surface area contributed by atoms with Crippen molar-refractivity contribution < 1.29 is 28.9 Å². The zero-order valence-electron chi connectivity index (χ0n) is 13.3. The molecule has 1 aromatic rings. The molecule has 0 spiro atoms. The van der Waals surface area contributed by atoms with Gasteiger partial charge in [-0.1, -0.05) is 0 Å². The number of amides is 1. The van der Waals surface area contributed by atoms with E-state index in [0.29, 0.717) is 19.6 Å². The van der Waals surface area contributed by atoms with Gasteiger partial charge in [0.1, 0.15) is 5.82 Å². The monoisotopic (exact) mass is 343 g/mol. The second-order valence-electron chi connectivity index (χ2n) is 4.62. The molecule has 134 valence electrons. The molecule has 2 rings (SSSR count). The molecule has 1 saturated heterocycles. The SMILES string of the molecule is COC(=O)CCCC(=O)Nc1ccnc(=O)[nH]1.OCC1OCCO1. The third kappa shape index (κ3) is 8.36. The molecular weight excluding hydrogens is 322 g/mol. The first kappa shape index (κ1) is 19.7. The van der Waals surface area contributed by atoms with Crippen molar-refractivity contribution in [1.29, 1.82) is 0 Å². The number of aliphatic hydroxyl groups is 1. The topological polar surface area (TPSA) is 140 Å². The number of hydrogen-bond donors (Lipinski definition) is 3. The second kappa shape index (κ2) is 11.3. The Balaban J connectivity index is 0.000000341. The van der Waals surface area contributed by atoms with Crippen LogP contribution in [0, 0.1) is 0 Å². The molecule has 24 heavy (non-hydrogen) atoms. The van der Waals surface area contributed by atoms with Gasteiger partial charge in [0.2, 0.25) is 5.91 Å². The quantitative estimate of drug-likeness (QED) is 0.582. The molecule has 10 heteroatoms. The van der Waals surface area contributed by atoms with Crippen molar-refractivity contribution in [1.82, 2.24) is 9.97 Å². The summed E-state index contributed by atoms with van der Waals surface area (Å²) in [4.78, 5) is 38.8. The van der Waals surface area contributed by atoms with Gasteiger partial charge in [-0.15, -0.1) is 0 Å². The summed E-state index contributed by atoms with van der Waals surface area (Å²) >= 11 is 0. The molecule has 10 nitrogen and oxygen atoms in total. The number of hydrogen-bond acceptors (Lipinski definition) is 8. The Morgan fingerprint density at radius 1 is 1.42 bits per heavy atom. The van der Waals surface area contributed by atoms with Crippen LogP contribution in [0.2, 0.25) is 0 Å². The number of carbonyl (C=O) groups excluding carboxylic acids is 2. The van der Waals surface area contributed by atoms with E-state index in [1.54, 1.807) is 0 Å². The highest BCUT2D eigenvalue weighted by Gasteiger charge is 2.12. The lowest BCUT2D eigenvalue weighted by molar-refractivity contribution is -0.140. The molecule has 0 saturated carbocycles. The highest BCUT2D eigenvalue weighted by molar-refractivity contribution is 5.89. The number of aromatic nitrogens is 2. The molecule has 0 radical (unpaired) electrons. The third-order valence-corrected chi connectivity index (χ3v) is 2.80. The minimum atomic E-state index is -0.530. The predicted octanol–water partition coefficient (Wildman–Crippen LogP) is -0.597. The Labute approximate surface area is 138 Å². The van der Waals surface area contributed by atoms with Crippen LogP contribution in [0.5, 0.6) is 0 Å². The summed E-state index contributed by atoms with van der Waals surface area (Å²) < 4.78 is 14.1. The van der Waals surface area contributed by atoms with Crippen molar-refractivity contribution in [3.8, 4) is 0 Å². The van der Waals surface area contributed by atoms with Crippen LogP contribution < -0.4 is 11.0 Å². The van der Waals surface area contributed by atoms with Crippen LogP contribution in [0.4, 0.5) is 5.82 Å². The number of carbonyl (C=O) groups is 2. The van der Waals surface area contributed by atoms with E-state index < -0.39 is 5.69 Å². The molecule has 1 aliphatic rings. The molecule has 0 bridgehead atoms. The molecule has 2 heterocycles. The van der Waals surface area contributed by atoms with Gasteiger partial charge in [-0.3, -0.25) is 14.6 Å². The molecule has 3 N–H and O–H groups in total. The van der Waals surface area contributed by atoms with Crippen LogP contribution in [0.1, 0.15) is 19.3 Å². The standard InChI is InChI=1S/C10H13N3O4.C4H8O3/c1-17-9(15)4-2-3-8(14)12-7-5-6-11-10(16)13-7;5-3-4-6-1-2-7-4/h5-6H,2-4H2,1H3,(H2,11,12,13,14,16);4-5H,1-3H2. The Hall–Kier alpha value is -2.30. The number of anilines is 1. The van der Waals surface area contributed by atoms with Gasteiger partial charge in [-0.25, -0.2) is 9.78 Å². The summed E-state index contributed by atoms with van der Waals surface area (Å²) in [6.07, 6.45) is 1.72. The lowest BCUT2D eigenvalue weighted by Crippen LogP contribution is -2.17. The van der Waals surface area contributed by atoms with Crippen LogP contribution in [-0.2, 0) is 23.8 Å². The largest absolute Gasteiger partial charge is 0.469 e. The van der Waals surface area contributed by atoms with Crippen molar-refractivity contribution in [2.45, 2.75) is 25.6 Å². The zero-order valence-corrected chi connectivity index (χ0v) is 13.3. The molecule has 0 aliphatic carbocycles. The molecule has 1 amide bonds. The highest BCUT2D eigenvalue weighted by Crippen LogP contribution is 2.02. The minimum Gasteiger partial charge on any atom is -0.469 e. The smallest absolute Gasteiger partial charge is 0.346 e. The van der Waals surface area contributed by atoms with Crippen molar-refractivity contribution in [3.05, 3.63) is 22.7 Å². The second-order valence-corrected chi connectivity index (χ2v) is 4.62. The van der Waals surface area contributed by atoms with Crippen LogP contribution in [0.25, 0.3) is 0 Å². The van der Waals surface area contributed by atoms with Gasteiger partial charge in [-0.05, 0) is 12.5 Å². The predicted molar refractivity (Wildman–Crippen MR) is 82.1 cm³/mol. The summed E-state index contributed by atoms with van der Waals surface area (Å²) in [5, 5.41) is 10.8. The van der Waals surface area contributed by atoms with Crippen molar-refractivity contribution >= 4 is 17.7 Å².